The zero-order valence-electron chi connectivity index (χ0n) is 20.8. The summed E-state index contributed by atoms with van der Waals surface area (Å²) < 4.78 is 26.0. The molecule has 0 saturated heterocycles. The molecule has 2 amide bonds. The number of nitrogens with one attached hydrogen (secondary N) is 2. The molecule has 1 unspecified atom stereocenters. The predicted molar refractivity (Wildman–Crippen MR) is 134 cm³/mol. The average molecular weight is 496 g/mol. The van der Waals surface area contributed by atoms with Crippen LogP contribution in [-0.4, -0.2) is 79.8 Å². The molecule has 0 spiro atoms. The number of ether oxygens (including phenoxy) is 2. The maximum absolute atomic E-state index is 14.8. The number of hydrogen-bond donors (Lipinski definition) is 2. The number of amides is 2. The molecule has 1 aliphatic rings. The van der Waals surface area contributed by atoms with E-state index in [0.717, 1.165) is 12.1 Å². The van der Waals surface area contributed by atoms with Gasteiger partial charge >= 0.3 is 0 Å². The Morgan fingerprint density at radius 1 is 1.22 bits per heavy atom. The van der Waals surface area contributed by atoms with Crippen LogP contribution >= 0.6 is 0 Å². The lowest BCUT2D eigenvalue weighted by Gasteiger charge is -2.26. The number of carbonyl (C=O) groups excluding carboxylic acids is 2. The lowest BCUT2D eigenvalue weighted by atomic mass is 9.94. The first-order valence-electron chi connectivity index (χ1n) is 11.6. The Balaban J connectivity index is 1.47. The number of aromatic nitrogens is 2. The number of aromatic amines is 1. The number of anilines is 1. The number of hydrogen-bond acceptors (Lipinski definition) is 6. The lowest BCUT2D eigenvalue weighted by Crippen LogP contribution is -2.34. The smallest absolute Gasteiger partial charge is 0.253 e. The van der Waals surface area contributed by atoms with Crippen molar-refractivity contribution in [2.24, 2.45) is 5.92 Å². The summed E-state index contributed by atoms with van der Waals surface area (Å²) in [6, 6.07) is 8.04. The van der Waals surface area contributed by atoms with Crippen molar-refractivity contribution in [3.05, 3.63) is 59.7 Å². The summed E-state index contributed by atoms with van der Waals surface area (Å²) in [5, 5.41) is 9.27. The van der Waals surface area contributed by atoms with Gasteiger partial charge in [-0.05, 0) is 50.3 Å². The highest BCUT2D eigenvalue weighted by Crippen LogP contribution is 2.34. The molecule has 1 aromatic heterocycles. The Kier molecular flexibility index (Phi) is 7.54. The average Bonchev–Trinajstić information content (AvgIpc) is 3.41. The Bertz CT molecular complexity index is 1250. The summed E-state index contributed by atoms with van der Waals surface area (Å²) >= 11 is 0. The van der Waals surface area contributed by atoms with Crippen LogP contribution in [0.15, 0.2) is 42.7 Å². The molecule has 0 saturated carbocycles. The summed E-state index contributed by atoms with van der Waals surface area (Å²) in [4.78, 5) is 29.6. The minimum Gasteiger partial charge on any atom is -0.495 e. The Hall–Kier alpha value is -3.92. The molecule has 3 aromatic rings. The largest absolute Gasteiger partial charge is 0.495 e. The van der Waals surface area contributed by atoms with Crippen molar-refractivity contribution in [1.82, 2.24) is 20.0 Å². The van der Waals surface area contributed by atoms with Crippen LogP contribution in [0, 0.1) is 11.7 Å². The fourth-order valence-electron chi connectivity index (χ4n) is 4.04. The molecule has 1 aliphatic heterocycles. The molecule has 2 aromatic carbocycles. The minimum atomic E-state index is -0.518. The van der Waals surface area contributed by atoms with E-state index in [4.69, 9.17) is 9.47 Å². The van der Waals surface area contributed by atoms with Crippen molar-refractivity contribution in [2.75, 3.05) is 53.3 Å². The second-order valence-electron chi connectivity index (χ2n) is 9.07. The van der Waals surface area contributed by atoms with Gasteiger partial charge in [0.25, 0.3) is 5.91 Å². The minimum absolute atomic E-state index is 0.0934. The molecular formula is C26H30FN5O4. The van der Waals surface area contributed by atoms with Crippen LogP contribution in [0.2, 0.25) is 0 Å². The first kappa shape index (κ1) is 25.2. The van der Waals surface area contributed by atoms with E-state index in [2.05, 4.69) is 15.5 Å². The van der Waals surface area contributed by atoms with Crippen molar-refractivity contribution in [3.8, 4) is 22.6 Å². The van der Waals surface area contributed by atoms with Gasteiger partial charge in [-0.1, -0.05) is 0 Å². The van der Waals surface area contributed by atoms with E-state index in [1.807, 2.05) is 19.0 Å². The van der Waals surface area contributed by atoms with Crippen LogP contribution in [0.1, 0.15) is 15.9 Å². The second kappa shape index (κ2) is 10.8. The standard InChI is InChI=1S/C26H30FN5O4/c1-31(2)7-8-32(3)26(34)16-5-6-23-17(9-16)10-18(15-36-23)25(33)30-22-12-21(27)20(11-24(22)35-4)19-13-28-29-14-19/h5-6,9,11-14,18H,7-8,10,15H2,1-4H3,(H,28,29)(H,30,33). The zero-order valence-corrected chi connectivity index (χ0v) is 20.8. The first-order chi connectivity index (χ1) is 17.3. The molecular weight excluding hydrogens is 465 g/mol. The third-order valence-corrected chi connectivity index (χ3v) is 6.17. The summed E-state index contributed by atoms with van der Waals surface area (Å²) in [5.74, 6) is -0.473. The molecule has 190 valence electrons. The summed E-state index contributed by atoms with van der Waals surface area (Å²) in [7, 11) is 7.13. The van der Waals surface area contributed by atoms with E-state index in [0.29, 0.717) is 41.2 Å². The number of rotatable bonds is 8. The SMILES string of the molecule is COc1cc(-c2cn[nH]c2)c(F)cc1NC(=O)C1COc2ccc(C(=O)N(C)CCN(C)C)cc2C1. The van der Waals surface area contributed by atoms with Gasteiger partial charge in [0.05, 0.1) is 24.9 Å². The molecule has 36 heavy (non-hydrogen) atoms. The molecule has 0 fully saturated rings. The normalized spacial score (nSPS) is 14.7. The van der Waals surface area contributed by atoms with Gasteiger partial charge in [-0.15, -0.1) is 0 Å². The highest BCUT2D eigenvalue weighted by Gasteiger charge is 2.28. The van der Waals surface area contributed by atoms with Gasteiger partial charge in [0, 0.05) is 49.1 Å². The van der Waals surface area contributed by atoms with E-state index >= 15 is 0 Å². The van der Waals surface area contributed by atoms with Crippen molar-refractivity contribution < 1.29 is 23.5 Å². The van der Waals surface area contributed by atoms with Gasteiger partial charge in [0.15, 0.2) is 0 Å². The molecule has 4 rings (SSSR count). The molecule has 1 atom stereocenters. The van der Waals surface area contributed by atoms with Gasteiger partial charge in [-0.3, -0.25) is 14.7 Å². The van der Waals surface area contributed by atoms with Crippen LogP contribution < -0.4 is 14.8 Å². The number of fused-ring (bicyclic) bond motifs is 1. The quantitative estimate of drug-likeness (QED) is 0.498. The second-order valence-corrected chi connectivity index (χ2v) is 9.07. The number of H-pyrrole nitrogens is 1. The molecule has 9 nitrogen and oxygen atoms in total. The highest BCUT2D eigenvalue weighted by molar-refractivity contribution is 5.96. The maximum atomic E-state index is 14.8. The van der Waals surface area contributed by atoms with Crippen molar-refractivity contribution in [2.45, 2.75) is 6.42 Å². The molecule has 0 bridgehead atoms. The number of nitrogens with zero attached hydrogens (tertiary/aromatic N) is 3. The fraction of sp³-hybridized carbons (Fsp3) is 0.346. The van der Waals surface area contributed by atoms with Gasteiger partial charge in [0.2, 0.25) is 5.91 Å². The Labute approximate surface area is 209 Å². The first-order valence-corrected chi connectivity index (χ1v) is 11.6. The summed E-state index contributed by atoms with van der Waals surface area (Å²) in [6.07, 6.45) is 3.47. The van der Waals surface area contributed by atoms with E-state index in [-0.39, 0.29) is 24.1 Å². The van der Waals surface area contributed by atoms with E-state index in [1.54, 1.807) is 36.3 Å². The van der Waals surface area contributed by atoms with Crippen molar-refractivity contribution in [3.63, 3.8) is 0 Å². The molecule has 2 N–H and O–H groups in total. The van der Waals surface area contributed by atoms with Crippen LogP contribution in [-0.2, 0) is 11.2 Å². The molecule has 2 heterocycles. The highest BCUT2D eigenvalue weighted by atomic mass is 19.1. The number of halogens is 1. The van der Waals surface area contributed by atoms with Crippen molar-refractivity contribution in [1.29, 1.82) is 0 Å². The molecule has 0 aliphatic carbocycles. The number of carbonyl (C=O) groups is 2. The van der Waals surface area contributed by atoms with E-state index in [1.165, 1.54) is 25.4 Å². The van der Waals surface area contributed by atoms with Gasteiger partial charge < -0.3 is 24.6 Å². The summed E-state index contributed by atoms with van der Waals surface area (Å²) in [5.41, 5.74) is 2.42. The monoisotopic (exact) mass is 495 g/mol. The number of likely N-dealkylation sites (N-methyl/N-ethyl adjacent to an activating group) is 2. The summed E-state index contributed by atoms with van der Waals surface area (Å²) in [6.45, 7) is 1.53. The van der Waals surface area contributed by atoms with Gasteiger partial charge in [0.1, 0.15) is 23.9 Å². The number of methoxy groups -OCH3 is 1. The lowest BCUT2D eigenvalue weighted by molar-refractivity contribution is -0.121. The third-order valence-electron chi connectivity index (χ3n) is 6.17. The topological polar surface area (TPSA) is 99.8 Å². The van der Waals surface area contributed by atoms with E-state index < -0.39 is 11.7 Å². The van der Waals surface area contributed by atoms with E-state index in [9.17, 15) is 14.0 Å². The van der Waals surface area contributed by atoms with Gasteiger partial charge in [-0.25, -0.2) is 4.39 Å². The van der Waals surface area contributed by atoms with Crippen LogP contribution in [0.3, 0.4) is 0 Å². The Morgan fingerprint density at radius 3 is 2.72 bits per heavy atom. The van der Waals surface area contributed by atoms with Crippen LogP contribution in [0.4, 0.5) is 10.1 Å². The Morgan fingerprint density at radius 2 is 2.03 bits per heavy atom. The molecule has 0 radical (unpaired) electrons. The fourth-order valence-corrected chi connectivity index (χ4v) is 4.04. The van der Waals surface area contributed by atoms with Gasteiger partial charge in [-0.2, -0.15) is 5.10 Å². The number of benzene rings is 2. The third kappa shape index (κ3) is 5.49. The zero-order chi connectivity index (χ0) is 25.8. The van der Waals surface area contributed by atoms with Crippen molar-refractivity contribution >= 4 is 17.5 Å². The van der Waals surface area contributed by atoms with Crippen LogP contribution in [0.25, 0.3) is 11.1 Å². The predicted octanol–water partition coefficient (Wildman–Crippen LogP) is 3.05. The van der Waals surface area contributed by atoms with Crippen LogP contribution in [0.5, 0.6) is 11.5 Å². The molecule has 10 heteroatoms. The maximum Gasteiger partial charge on any atom is 0.253 e.